The van der Waals surface area contributed by atoms with Crippen LogP contribution in [0.1, 0.15) is 18.9 Å². The van der Waals surface area contributed by atoms with Crippen LogP contribution in [0.3, 0.4) is 0 Å². The van der Waals surface area contributed by atoms with Crippen molar-refractivity contribution in [3.05, 3.63) is 11.9 Å². The van der Waals surface area contributed by atoms with Gasteiger partial charge in [-0.25, -0.2) is 9.97 Å². The summed E-state index contributed by atoms with van der Waals surface area (Å²) in [7, 11) is 6.04. The Balaban J connectivity index is 2.62. The number of hydrogen-bond acceptors (Lipinski definition) is 5. The van der Waals surface area contributed by atoms with Crippen LogP contribution in [0.2, 0.25) is 0 Å². The van der Waals surface area contributed by atoms with Crippen LogP contribution in [0, 0.1) is 6.92 Å². The first-order valence-corrected chi connectivity index (χ1v) is 5.95. The molecule has 0 aliphatic heterocycles. The fourth-order valence-corrected chi connectivity index (χ4v) is 1.61. The molecule has 0 bridgehead atoms. The van der Waals surface area contributed by atoms with Gasteiger partial charge in [-0.05, 0) is 40.9 Å². The molecule has 0 radical (unpaired) electrons. The van der Waals surface area contributed by atoms with Gasteiger partial charge in [0.05, 0.1) is 0 Å². The quantitative estimate of drug-likeness (QED) is 0.786. The van der Waals surface area contributed by atoms with Crippen LogP contribution in [0.4, 0.5) is 11.6 Å². The zero-order valence-corrected chi connectivity index (χ0v) is 11.4. The van der Waals surface area contributed by atoms with E-state index in [1.165, 1.54) is 0 Å². The molecule has 0 spiro atoms. The highest BCUT2D eigenvalue weighted by atomic mass is 15.1. The number of aromatic nitrogens is 2. The van der Waals surface area contributed by atoms with Gasteiger partial charge in [-0.15, -0.1) is 0 Å². The molecule has 1 heterocycles. The van der Waals surface area contributed by atoms with Crippen molar-refractivity contribution in [2.24, 2.45) is 0 Å². The zero-order valence-electron chi connectivity index (χ0n) is 11.4. The predicted octanol–water partition coefficient (Wildman–Crippen LogP) is 1.58. The van der Waals surface area contributed by atoms with Crippen LogP contribution < -0.4 is 10.6 Å². The minimum absolute atomic E-state index is 0.399. The molecule has 96 valence electrons. The van der Waals surface area contributed by atoms with Gasteiger partial charge >= 0.3 is 0 Å². The lowest BCUT2D eigenvalue weighted by atomic mass is 10.2. The summed E-state index contributed by atoms with van der Waals surface area (Å²) >= 11 is 0. The summed E-state index contributed by atoms with van der Waals surface area (Å²) in [6, 6.07) is 0.399. The molecule has 0 saturated heterocycles. The van der Waals surface area contributed by atoms with Crippen molar-refractivity contribution in [1.82, 2.24) is 14.9 Å². The number of hydrogen-bond donors (Lipinski definition) is 2. The van der Waals surface area contributed by atoms with Crippen LogP contribution in [0.25, 0.3) is 0 Å². The Bertz CT molecular complexity index is 351. The average molecular weight is 237 g/mol. The summed E-state index contributed by atoms with van der Waals surface area (Å²) in [5.41, 5.74) is 1.06. The molecule has 0 fully saturated rings. The molecule has 5 heteroatoms. The molecule has 1 aromatic rings. The van der Waals surface area contributed by atoms with E-state index in [2.05, 4.69) is 46.5 Å². The van der Waals surface area contributed by atoms with Crippen LogP contribution in [-0.2, 0) is 0 Å². The third-order valence-electron chi connectivity index (χ3n) is 2.71. The van der Waals surface area contributed by atoms with Crippen LogP contribution in [0.15, 0.2) is 6.33 Å². The summed E-state index contributed by atoms with van der Waals surface area (Å²) in [5, 5.41) is 6.48. The SMILES string of the molecule is CNc1ncnc(NC(C)CCN(C)C)c1C. The fourth-order valence-electron chi connectivity index (χ4n) is 1.61. The van der Waals surface area contributed by atoms with Gasteiger partial charge in [0.1, 0.15) is 18.0 Å². The standard InChI is InChI=1S/C12H23N5/c1-9(6-7-17(4)5)16-12-10(2)11(13-3)14-8-15-12/h8-9H,6-7H2,1-5H3,(H2,13,14,15,16). The summed E-state index contributed by atoms with van der Waals surface area (Å²) in [4.78, 5) is 10.6. The van der Waals surface area contributed by atoms with Gasteiger partial charge in [-0.1, -0.05) is 0 Å². The Morgan fingerprint density at radius 1 is 1.29 bits per heavy atom. The van der Waals surface area contributed by atoms with Gasteiger partial charge in [-0.2, -0.15) is 0 Å². The molecule has 1 aromatic heterocycles. The van der Waals surface area contributed by atoms with Gasteiger partial charge in [-0.3, -0.25) is 0 Å². The van der Waals surface area contributed by atoms with Crippen LogP contribution >= 0.6 is 0 Å². The highest BCUT2D eigenvalue weighted by molar-refractivity contribution is 5.56. The molecule has 1 rings (SSSR count). The van der Waals surface area contributed by atoms with E-state index in [1.54, 1.807) is 6.33 Å². The molecule has 1 atom stereocenters. The van der Waals surface area contributed by atoms with E-state index in [0.717, 1.165) is 30.2 Å². The first kappa shape index (κ1) is 13.7. The Labute approximate surface area is 104 Å². The van der Waals surface area contributed by atoms with Gasteiger partial charge in [0, 0.05) is 18.7 Å². The summed E-state index contributed by atoms with van der Waals surface area (Å²) in [5.74, 6) is 1.79. The largest absolute Gasteiger partial charge is 0.373 e. The summed E-state index contributed by atoms with van der Waals surface area (Å²) in [6.07, 6.45) is 2.67. The summed E-state index contributed by atoms with van der Waals surface area (Å²) in [6.45, 7) is 5.26. The molecule has 0 aliphatic carbocycles. The van der Waals surface area contributed by atoms with Crippen molar-refractivity contribution in [1.29, 1.82) is 0 Å². The van der Waals surface area contributed by atoms with Crippen LogP contribution in [0.5, 0.6) is 0 Å². The van der Waals surface area contributed by atoms with Gasteiger partial charge in [0.2, 0.25) is 0 Å². The predicted molar refractivity (Wildman–Crippen MR) is 72.6 cm³/mol. The van der Waals surface area contributed by atoms with Crippen molar-refractivity contribution in [2.75, 3.05) is 38.3 Å². The second-order valence-corrected chi connectivity index (χ2v) is 4.58. The molecule has 0 amide bonds. The number of nitrogens with zero attached hydrogens (tertiary/aromatic N) is 3. The Morgan fingerprint density at radius 2 is 1.94 bits per heavy atom. The van der Waals surface area contributed by atoms with E-state index in [4.69, 9.17) is 0 Å². The molecule has 0 aliphatic rings. The number of nitrogens with one attached hydrogen (secondary N) is 2. The molecule has 5 nitrogen and oxygen atoms in total. The Kier molecular flexibility index (Phi) is 5.15. The highest BCUT2D eigenvalue weighted by Crippen LogP contribution is 2.18. The molecule has 1 unspecified atom stereocenters. The second kappa shape index (κ2) is 6.39. The Hall–Kier alpha value is -1.36. The van der Waals surface area contributed by atoms with Gasteiger partial charge in [0.15, 0.2) is 0 Å². The van der Waals surface area contributed by atoms with E-state index in [-0.39, 0.29) is 0 Å². The second-order valence-electron chi connectivity index (χ2n) is 4.58. The van der Waals surface area contributed by atoms with Crippen molar-refractivity contribution in [3.63, 3.8) is 0 Å². The molecule has 0 saturated carbocycles. The van der Waals surface area contributed by atoms with E-state index in [9.17, 15) is 0 Å². The maximum atomic E-state index is 4.28. The normalized spacial score (nSPS) is 12.6. The first-order chi connectivity index (χ1) is 8.04. The minimum atomic E-state index is 0.399. The lowest BCUT2D eigenvalue weighted by Crippen LogP contribution is -2.24. The van der Waals surface area contributed by atoms with E-state index < -0.39 is 0 Å². The maximum Gasteiger partial charge on any atom is 0.134 e. The van der Waals surface area contributed by atoms with E-state index >= 15 is 0 Å². The maximum absolute atomic E-state index is 4.28. The number of rotatable bonds is 6. The molecular formula is C12H23N5. The minimum Gasteiger partial charge on any atom is -0.373 e. The van der Waals surface area contributed by atoms with Gasteiger partial charge in [0.25, 0.3) is 0 Å². The Morgan fingerprint density at radius 3 is 2.53 bits per heavy atom. The van der Waals surface area contributed by atoms with Gasteiger partial charge < -0.3 is 15.5 Å². The molecule has 0 aromatic carbocycles. The fraction of sp³-hybridized carbons (Fsp3) is 0.667. The van der Waals surface area contributed by atoms with E-state index in [1.807, 2.05) is 14.0 Å². The smallest absolute Gasteiger partial charge is 0.134 e. The van der Waals surface area contributed by atoms with Crippen LogP contribution in [-0.4, -0.2) is 48.6 Å². The monoisotopic (exact) mass is 237 g/mol. The zero-order chi connectivity index (χ0) is 12.8. The molecule has 17 heavy (non-hydrogen) atoms. The average Bonchev–Trinajstić information content (AvgIpc) is 2.29. The lowest BCUT2D eigenvalue weighted by molar-refractivity contribution is 0.390. The topological polar surface area (TPSA) is 53.1 Å². The third kappa shape index (κ3) is 4.19. The highest BCUT2D eigenvalue weighted by Gasteiger charge is 2.08. The molecular weight excluding hydrogens is 214 g/mol. The van der Waals surface area contributed by atoms with Crippen molar-refractivity contribution >= 4 is 11.6 Å². The third-order valence-corrected chi connectivity index (χ3v) is 2.71. The van der Waals surface area contributed by atoms with Crippen molar-refractivity contribution in [2.45, 2.75) is 26.3 Å². The molecule has 2 N–H and O–H groups in total. The lowest BCUT2D eigenvalue weighted by Gasteiger charge is -2.18. The first-order valence-electron chi connectivity index (χ1n) is 5.95. The number of anilines is 2. The summed E-state index contributed by atoms with van der Waals surface area (Å²) < 4.78 is 0. The van der Waals surface area contributed by atoms with Crippen molar-refractivity contribution < 1.29 is 0 Å². The van der Waals surface area contributed by atoms with Crippen molar-refractivity contribution in [3.8, 4) is 0 Å². The van der Waals surface area contributed by atoms with E-state index in [0.29, 0.717) is 6.04 Å².